The third kappa shape index (κ3) is 3.07. The molecule has 0 aromatic rings. The molecule has 1 heterocycles. The normalized spacial score (nSPS) is 23.5. The monoisotopic (exact) mass is 250 g/mol. The van der Waals surface area contributed by atoms with Gasteiger partial charge in [0.25, 0.3) is 0 Å². The molecular weight excluding hydrogens is 236 g/mol. The van der Waals surface area contributed by atoms with E-state index < -0.39 is 55.6 Å². The molecule has 5 N–H and O–H groups in total. The van der Waals surface area contributed by atoms with Crippen LogP contribution >= 0.6 is 0 Å². The molecule has 0 spiro atoms. The van der Waals surface area contributed by atoms with Crippen LogP contribution in [-0.4, -0.2) is 69.6 Å². The molecule has 0 aliphatic carbocycles. The maximum Gasteiger partial charge on any atom is 0.378 e. The van der Waals surface area contributed by atoms with E-state index in [4.69, 9.17) is 20.1 Å². The molecule has 0 radical (unpaired) electrons. The van der Waals surface area contributed by atoms with E-state index >= 15 is 0 Å². The molecular formula is C9H14O8. The SMILES string of the molecule is O=C1O[C@H](C(O)CO)C(O)=C1OCC(O)CO. The molecule has 2 unspecified atom stereocenters. The lowest BCUT2D eigenvalue weighted by atomic mass is 10.2. The number of carbonyl (C=O) groups is 1. The number of aliphatic hydroxyl groups excluding tert-OH is 5. The van der Waals surface area contributed by atoms with Gasteiger partial charge in [0.1, 0.15) is 18.8 Å². The fourth-order valence-corrected chi connectivity index (χ4v) is 1.18. The molecule has 0 amide bonds. The quantitative estimate of drug-likeness (QED) is 0.324. The van der Waals surface area contributed by atoms with E-state index in [1.807, 2.05) is 0 Å². The molecule has 0 fully saturated rings. The van der Waals surface area contributed by atoms with Crippen LogP contribution in [0.15, 0.2) is 11.5 Å². The number of aliphatic hydroxyl groups is 5. The highest BCUT2D eigenvalue weighted by atomic mass is 16.6. The third-order valence-corrected chi connectivity index (χ3v) is 2.09. The minimum Gasteiger partial charge on any atom is -0.505 e. The summed E-state index contributed by atoms with van der Waals surface area (Å²) in [5, 5.41) is 44.9. The zero-order valence-corrected chi connectivity index (χ0v) is 8.81. The van der Waals surface area contributed by atoms with E-state index in [9.17, 15) is 15.0 Å². The Kier molecular flexibility index (Phi) is 4.70. The van der Waals surface area contributed by atoms with Crippen molar-refractivity contribution in [3.8, 4) is 0 Å². The van der Waals surface area contributed by atoms with Gasteiger partial charge in [-0.25, -0.2) is 4.79 Å². The van der Waals surface area contributed by atoms with E-state index in [-0.39, 0.29) is 0 Å². The first-order valence-corrected chi connectivity index (χ1v) is 4.86. The first-order chi connectivity index (χ1) is 8.01. The highest BCUT2D eigenvalue weighted by Crippen LogP contribution is 2.24. The van der Waals surface area contributed by atoms with E-state index in [0.717, 1.165) is 0 Å². The Morgan fingerprint density at radius 3 is 2.47 bits per heavy atom. The van der Waals surface area contributed by atoms with Gasteiger partial charge in [0, 0.05) is 0 Å². The van der Waals surface area contributed by atoms with Crippen molar-refractivity contribution in [1.29, 1.82) is 0 Å². The standard InChI is InChI=1S/C9H14O8/c10-1-4(12)3-16-8-6(14)7(5(13)2-11)17-9(8)15/h4-5,7,10-14H,1-3H2/t4?,5?,7-/m1/s1. The third-order valence-electron chi connectivity index (χ3n) is 2.09. The van der Waals surface area contributed by atoms with Crippen LogP contribution in [0.2, 0.25) is 0 Å². The second-order valence-electron chi connectivity index (χ2n) is 3.44. The fourth-order valence-electron chi connectivity index (χ4n) is 1.18. The average molecular weight is 250 g/mol. The first kappa shape index (κ1) is 13.7. The Hall–Kier alpha value is -1.35. The van der Waals surface area contributed by atoms with Crippen LogP contribution < -0.4 is 0 Å². The molecule has 98 valence electrons. The molecule has 8 heteroatoms. The summed E-state index contributed by atoms with van der Waals surface area (Å²) in [5.41, 5.74) is 0. The van der Waals surface area contributed by atoms with Gasteiger partial charge in [-0.05, 0) is 0 Å². The summed E-state index contributed by atoms with van der Waals surface area (Å²) in [4.78, 5) is 11.2. The second kappa shape index (κ2) is 5.82. The molecule has 17 heavy (non-hydrogen) atoms. The van der Waals surface area contributed by atoms with Crippen molar-refractivity contribution in [3.05, 3.63) is 11.5 Å². The number of hydrogen-bond acceptors (Lipinski definition) is 8. The van der Waals surface area contributed by atoms with Crippen molar-refractivity contribution in [1.82, 2.24) is 0 Å². The maximum atomic E-state index is 11.2. The molecule has 0 saturated carbocycles. The van der Waals surface area contributed by atoms with Gasteiger partial charge >= 0.3 is 5.97 Å². The predicted molar refractivity (Wildman–Crippen MR) is 51.7 cm³/mol. The molecule has 1 aliphatic rings. The van der Waals surface area contributed by atoms with Crippen LogP contribution in [0.1, 0.15) is 0 Å². The van der Waals surface area contributed by atoms with Gasteiger partial charge in [-0.1, -0.05) is 0 Å². The average Bonchev–Trinajstić information content (AvgIpc) is 2.61. The Labute approximate surface area is 96.3 Å². The number of carbonyl (C=O) groups excluding carboxylic acids is 1. The highest BCUT2D eigenvalue weighted by molar-refractivity contribution is 5.89. The fraction of sp³-hybridized carbons (Fsp3) is 0.667. The minimum atomic E-state index is -1.46. The number of rotatable bonds is 6. The van der Waals surface area contributed by atoms with Gasteiger partial charge < -0.3 is 35.0 Å². The largest absolute Gasteiger partial charge is 0.505 e. The van der Waals surface area contributed by atoms with Gasteiger partial charge in [0.05, 0.1) is 13.2 Å². The molecule has 3 atom stereocenters. The topological polar surface area (TPSA) is 137 Å². The number of hydrogen-bond donors (Lipinski definition) is 5. The van der Waals surface area contributed by atoms with E-state index in [1.54, 1.807) is 0 Å². The lowest BCUT2D eigenvalue weighted by Gasteiger charge is -2.13. The van der Waals surface area contributed by atoms with Crippen molar-refractivity contribution in [2.75, 3.05) is 19.8 Å². The Bertz CT molecular complexity index is 312. The maximum absolute atomic E-state index is 11.2. The van der Waals surface area contributed by atoms with Gasteiger partial charge in [-0.15, -0.1) is 0 Å². The zero-order chi connectivity index (χ0) is 13.0. The van der Waals surface area contributed by atoms with Crippen LogP contribution in [-0.2, 0) is 14.3 Å². The lowest BCUT2D eigenvalue weighted by molar-refractivity contribution is -0.148. The van der Waals surface area contributed by atoms with E-state index in [1.165, 1.54) is 0 Å². The Morgan fingerprint density at radius 2 is 1.94 bits per heavy atom. The summed E-state index contributed by atoms with van der Waals surface area (Å²) in [5.74, 6) is -2.21. The van der Waals surface area contributed by atoms with Crippen LogP contribution in [0, 0.1) is 0 Å². The Balaban J connectivity index is 2.68. The smallest absolute Gasteiger partial charge is 0.378 e. The van der Waals surface area contributed by atoms with Crippen molar-refractivity contribution in [3.63, 3.8) is 0 Å². The molecule has 1 aliphatic heterocycles. The van der Waals surface area contributed by atoms with Gasteiger partial charge in [0.15, 0.2) is 11.9 Å². The van der Waals surface area contributed by atoms with Crippen molar-refractivity contribution < 1.29 is 39.8 Å². The summed E-state index contributed by atoms with van der Waals surface area (Å²) < 4.78 is 9.32. The summed E-state index contributed by atoms with van der Waals surface area (Å²) in [6.45, 7) is -1.67. The highest BCUT2D eigenvalue weighted by Gasteiger charge is 2.40. The van der Waals surface area contributed by atoms with Gasteiger partial charge in [-0.2, -0.15) is 0 Å². The van der Waals surface area contributed by atoms with Gasteiger partial charge in [-0.3, -0.25) is 0 Å². The lowest BCUT2D eigenvalue weighted by Crippen LogP contribution is -2.31. The first-order valence-electron chi connectivity index (χ1n) is 4.86. The van der Waals surface area contributed by atoms with E-state index in [2.05, 4.69) is 4.74 Å². The van der Waals surface area contributed by atoms with Crippen LogP contribution in [0.4, 0.5) is 0 Å². The molecule has 0 bridgehead atoms. The summed E-state index contributed by atoms with van der Waals surface area (Å²) >= 11 is 0. The summed E-state index contributed by atoms with van der Waals surface area (Å²) in [6.07, 6.45) is -4.04. The molecule has 0 saturated heterocycles. The van der Waals surface area contributed by atoms with Crippen molar-refractivity contribution in [2.45, 2.75) is 18.3 Å². The molecule has 8 nitrogen and oxygen atoms in total. The van der Waals surface area contributed by atoms with Crippen LogP contribution in [0.25, 0.3) is 0 Å². The Morgan fingerprint density at radius 1 is 1.29 bits per heavy atom. The van der Waals surface area contributed by atoms with E-state index in [0.29, 0.717) is 0 Å². The molecule has 0 aromatic heterocycles. The zero-order valence-electron chi connectivity index (χ0n) is 8.81. The van der Waals surface area contributed by atoms with Gasteiger partial charge in [0.2, 0.25) is 5.76 Å². The number of ether oxygens (including phenoxy) is 2. The van der Waals surface area contributed by atoms with Crippen molar-refractivity contribution in [2.24, 2.45) is 0 Å². The molecule has 1 rings (SSSR count). The summed E-state index contributed by atoms with van der Waals surface area (Å²) in [7, 11) is 0. The summed E-state index contributed by atoms with van der Waals surface area (Å²) in [6, 6.07) is 0. The predicted octanol–water partition coefficient (Wildman–Crippen LogP) is -2.60. The number of cyclic esters (lactones) is 1. The van der Waals surface area contributed by atoms with Crippen LogP contribution in [0.5, 0.6) is 0 Å². The van der Waals surface area contributed by atoms with Crippen LogP contribution in [0.3, 0.4) is 0 Å². The second-order valence-corrected chi connectivity index (χ2v) is 3.44. The number of esters is 1. The van der Waals surface area contributed by atoms with Crippen molar-refractivity contribution >= 4 is 5.97 Å². The minimum absolute atomic E-state index is 0.410. The molecule has 0 aromatic carbocycles.